The number of aliphatic hydroxyl groups is 4. The fourth-order valence-corrected chi connectivity index (χ4v) is 12.8. The number of hydrogen-bond donors (Lipinski definition) is 4. The van der Waals surface area contributed by atoms with Crippen molar-refractivity contribution in [3.05, 3.63) is 175 Å². The minimum absolute atomic E-state index is 0.00343. The van der Waals surface area contributed by atoms with E-state index in [4.69, 9.17) is 66.5 Å². The van der Waals surface area contributed by atoms with E-state index < -0.39 is 71.0 Å². The van der Waals surface area contributed by atoms with E-state index >= 15 is 0 Å². The molecule has 0 saturated carbocycles. The van der Waals surface area contributed by atoms with Gasteiger partial charge in [-0.15, -0.1) is 8.42 Å². The van der Waals surface area contributed by atoms with Crippen LogP contribution in [0.1, 0.15) is 88.4 Å². The Balaban J connectivity index is 0.742. The third-order valence-corrected chi connectivity index (χ3v) is 17.7. The van der Waals surface area contributed by atoms with Crippen molar-refractivity contribution in [3.63, 3.8) is 0 Å². The number of aliphatic hydroxyl groups excluding tert-OH is 4. The monoisotopic (exact) mass is 1370 g/mol. The highest BCUT2D eigenvalue weighted by Gasteiger charge is 2.45. The lowest BCUT2D eigenvalue weighted by atomic mass is 9.94. The highest BCUT2D eigenvalue weighted by atomic mass is 32.3. The number of azide groups is 1. The lowest BCUT2D eigenvalue weighted by molar-refractivity contribution is -0.277. The van der Waals surface area contributed by atoms with Crippen LogP contribution in [0.3, 0.4) is 0 Å². The van der Waals surface area contributed by atoms with Gasteiger partial charge in [0, 0.05) is 80.2 Å². The first-order chi connectivity index (χ1) is 47.4. The van der Waals surface area contributed by atoms with Crippen molar-refractivity contribution in [1.82, 2.24) is 14.7 Å². The Morgan fingerprint density at radius 1 is 0.694 bits per heavy atom. The first-order valence-corrected chi connectivity index (χ1v) is 33.1. The largest absolute Gasteiger partial charge is 0.501 e. The van der Waals surface area contributed by atoms with Crippen LogP contribution in [0.15, 0.2) is 118 Å². The number of hydrogen-bond acceptors (Lipinski definition) is 24. The molecule has 0 spiro atoms. The second kappa shape index (κ2) is 32.0. The maximum Gasteiger partial charge on any atom is 0.501 e. The van der Waals surface area contributed by atoms with Gasteiger partial charge in [-0.3, -0.25) is 24.4 Å². The minimum Gasteiger partial charge on any atom is -0.493 e. The van der Waals surface area contributed by atoms with Crippen LogP contribution in [0.2, 0.25) is 0 Å². The summed E-state index contributed by atoms with van der Waals surface area (Å²) in [5.74, 6) is -0.659. The predicted octanol–water partition coefficient (Wildman–Crippen LogP) is 6.37. The summed E-state index contributed by atoms with van der Waals surface area (Å²) >= 11 is 0. The summed E-state index contributed by atoms with van der Waals surface area (Å²) in [7, 11) is 1.86. The van der Waals surface area contributed by atoms with Crippen LogP contribution in [0.25, 0.3) is 10.4 Å². The van der Waals surface area contributed by atoms with Crippen LogP contribution in [-0.2, 0) is 75.0 Å². The summed E-state index contributed by atoms with van der Waals surface area (Å²) in [4.78, 5) is 60.0. The van der Waals surface area contributed by atoms with Crippen molar-refractivity contribution in [1.29, 1.82) is 0 Å². The summed E-state index contributed by atoms with van der Waals surface area (Å²) in [5, 5.41) is 44.9. The number of rotatable bonds is 31. The second-order valence-corrected chi connectivity index (χ2v) is 25.2. The zero-order valence-electron chi connectivity index (χ0n) is 54.3. The number of ketones is 1. The van der Waals surface area contributed by atoms with Gasteiger partial charge in [-0.25, -0.2) is 0 Å². The van der Waals surface area contributed by atoms with Gasteiger partial charge in [0.25, 0.3) is 11.8 Å². The Labute approximate surface area is 565 Å². The second-order valence-electron chi connectivity index (χ2n) is 24.0. The van der Waals surface area contributed by atoms with Crippen molar-refractivity contribution in [2.45, 2.75) is 101 Å². The molecule has 1 unspecified atom stereocenters. The Morgan fingerprint density at radius 2 is 1.36 bits per heavy atom. The normalized spacial score (nSPS) is 19.9. The van der Waals surface area contributed by atoms with Gasteiger partial charge in [0.05, 0.1) is 76.7 Å². The molecule has 1 fully saturated rings. The highest BCUT2D eigenvalue weighted by molar-refractivity contribution is 7.82. The molecule has 518 valence electrons. The lowest BCUT2D eigenvalue weighted by Gasteiger charge is -2.39. The molecular formula is C69H76N8O20S. The molecule has 7 atom stereocenters. The molecule has 5 aliphatic heterocycles. The van der Waals surface area contributed by atoms with Crippen LogP contribution in [0.5, 0.6) is 40.2 Å². The number of carbonyl (C=O) groups is 3. The van der Waals surface area contributed by atoms with E-state index in [1.165, 1.54) is 44.0 Å². The summed E-state index contributed by atoms with van der Waals surface area (Å²) < 4.78 is 91.1. The number of ether oxygens (including phenoxy) is 9. The molecule has 6 aromatic rings. The first kappa shape index (κ1) is 70.1. The zero-order chi connectivity index (χ0) is 69.0. The van der Waals surface area contributed by atoms with Crippen LogP contribution >= 0.6 is 0 Å². The van der Waals surface area contributed by atoms with Crippen LogP contribution in [0.4, 0.5) is 5.69 Å². The average molecular weight is 1370 g/mol. The maximum absolute atomic E-state index is 14.7. The number of Topliss-reactive ketones (excluding diaryl/α,β-unsaturated/α-hetero) is 1. The molecule has 11 rings (SSSR count). The van der Waals surface area contributed by atoms with Gasteiger partial charge < -0.3 is 86.1 Å². The molecule has 0 aliphatic carbocycles. The highest BCUT2D eigenvalue weighted by Crippen LogP contribution is 2.41. The van der Waals surface area contributed by atoms with Gasteiger partial charge >= 0.3 is 10.4 Å². The molecule has 5 heterocycles. The van der Waals surface area contributed by atoms with E-state index in [1.807, 2.05) is 44.4 Å². The number of amides is 2. The predicted molar refractivity (Wildman–Crippen MR) is 353 cm³/mol. The Hall–Kier alpha value is -9.23. The summed E-state index contributed by atoms with van der Waals surface area (Å²) in [6.07, 6.45) is -4.34. The van der Waals surface area contributed by atoms with E-state index in [2.05, 4.69) is 27.1 Å². The van der Waals surface area contributed by atoms with Crippen LogP contribution < -0.4 is 32.1 Å². The van der Waals surface area contributed by atoms with Crippen LogP contribution in [0, 0.1) is 0 Å². The third-order valence-electron chi connectivity index (χ3n) is 16.9. The molecule has 29 heteroatoms. The first-order valence-electron chi connectivity index (χ1n) is 31.8. The Morgan fingerprint density at radius 3 is 2.07 bits per heavy atom. The number of nitrogens with zero attached hydrogens (tertiary/aromatic N) is 8. The van der Waals surface area contributed by atoms with Gasteiger partial charge in [-0.1, -0.05) is 47.6 Å². The van der Waals surface area contributed by atoms with Crippen molar-refractivity contribution in [3.8, 4) is 40.2 Å². The average Bonchev–Trinajstić information content (AvgIpc) is 1.51. The van der Waals surface area contributed by atoms with E-state index in [9.17, 15) is 43.2 Å². The summed E-state index contributed by atoms with van der Waals surface area (Å²) in [6, 6.07) is 28.5. The summed E-state index contributed by atoms with van der Waals surface area (Å²) in [6.45, 7) is 2.32. The van der Waals surface area contributed by atoms with Gasteiger partial charge in [-0.05, 0) is 126 Å². The number of methoxy groups -OCH3 is 2. The maximum atomic E-state index is 14.7. The van der Waals surface area contributed by atoms with Gasteiger partial charge in [0.2, 0.25) is 6.29 Å². The molecule has 1 saturated heterocycles. The van der Waals surface area contributed by atoms with Crippen molar-refractivity contribution < 1.29 is 94.2 Å². The summed E-state index contributed by atoms with van der Waals surface area (Å²) in [5.41, 5.74) is 16.3. The SMILES string of the molecule is COc1cc2c(cc1OCc1cc(COc3cc4c(cc3OC)C(=O)N3Cc5cc(OS(=O)(=O)Oc6cc(C(=O)CCCOCCOCCOCCN=[N+]=[N-])ccc6OC6O[C@H](CO)[C@H](O)[C@H](O)[C@H]6O)ccc5C[C@H]3C=N4)cc(CN(C)C)c1)C=N[C@@H]1Cc3ccccc3CN1C2=O. The number of fused-ring (bicyclic) bond motifs is 6. The molecule has 0 aromatic heterocycles. The van der Waals surface area contributed by atoms with E-state index in [-0.39, 0.29) is 106 Å². The Bertz CT molecular complexity index is 4130. The fourth-order valence-electron chi connectivity index (χ4n) is 12.1. The number of benzene rings is 6. The molecule has 0 bridgehead atoms. The van der Waals surface area contributed by atoms with E-state index in [0.29, 0.717) is 78.8 Å². The zero-order valence-corrected chi connectivity index (χ0v) is 55.2. The topological polar surface area (TPSA) is 351 Å². The van der Waals surface area contributed by atoms with Gasteiger partial charge in [-0.2, -0.15) is 0 Å². The van der Waals surface area contributed by atoms with Crippen molar-refractivity contribution in [2.75, 3.05) is 81.1 Å². The van der Waals surface area contributed by atoms with Crippen LogP contribution in [-0.4, -0.2) is 198 Å². The van der Waals surface area contributed by atoms with Gasteiger partial charge in [0.1, 0.15) is 49.5 Å². The fraction of sp³-hybridized carbons (Fsp3) is 0.406. The molecule has 2 amide bonds. The molecule has 0 radical (unpaired) electrons. The molecule has 6 aromatic carbocycles. The van der Waals surface area contributed by atoms with E-state index in [0.717, 1.165) is 33.9 Å². The minimum atomic E-state index is -5.10. The molecule has 98 heavy (non-hydrogen) atoms. The quantitative estimate of drug-likeness (QED) is 0.0121. The van der Waals surface area contributed by atoms with Crippen molar-refractivity contribution >= 4 is 46.1 Å². The molecule has 5 aliphatic rings. The molecular weight excluding hydrogens is 1290 g/mol. The smallest absolute Gasteiger partial charge is 0.493 e. The van der Waals surface area contributed by atoms with Crippen molar-refractivity contribution in [2.24, 2.45) is 15.1 Å². The lowest BCUT2D eigenvalue weighted by Crippen LogP contribution is -2.60. The molecule has 4 N–H and O–H groups in total. The van der Waals surface area contributed by atoms with Gasteiger partial charge in [0.15, 0.2) is 40.3 Å². The number of carbonyl (C=O) groups excluding carboxylic acids is 3. The Kier molecular flexibility index (Phi) is 22.9. The third kappa shape index (κ3) is 16.8. The van der Waals surface area contributed by atoms with E-state index in [1.54, 1.807) is 52.6 Å². The standard InChI is InChI=1S/C69H76N8O20S/c1-75(2)35-41-22-42(39-92-59-28-48-33-72-63-29-44-8-5-6-9-47(44)36-77(63)67(83)52(48)30-57(59)87-3)24-43(23-41)40-93-60-32-54-53(31-58(60)88-4)68(84)76-37-49-26-51(13-11-45(49)25-50(76)34-71-54)96-98(85,86)97-61-27-46(12-14-56(61)94-69-66(82)65(81)64(80)62(38-78)95-69)55(79)10-7-16-89-18-20-91-21-19-90-17-15-73-74-70/h5-6,8-9,11-14,22-24,26-28,30-34,50,62-66,69,78,80-82H,7,10,15-21,25,29,35-40H2,1-4H3/t50-,62+,63-,64-,65-,66+,69?/m0/s1. The number of aliphatic imine (C=N–C) groups is 2. The molecule has 28 nitrogen and oxygen atoms in total.